The molecule has 0 aliphatic carbocycles. The van der Waals surface area contributed by atoms with Crippen LogP contribution < -0.4 is 9.80 Å². The van der Waals surface area contributed by atoms with E-state index >= 15 is 0 Å². The molecule has 0 N–H and O–H groups in total. The second-order valence-corrected chi connectivity index (χ2v) is 18.0. The number of benzene rings is 9. The lowest BCUT2D eigenvalue weighted by Crippen LogP contribution is -2.11. The van der Waals surface area contributed by atoms with Crippen LogP contribution in [0.3, 0.4) is 0 Å². The zero-order valence-corrected chi connectivity index (χ0v) is 37.3. The summed E-state index contributed by atoms with van der Waals surface area (Å²) in [4.78, 5) is 3.90. The third-order valence-corrected chi connectivity index (χ3v) is 13.0. The van der Waals surface area contributed by atoms with Crippen LogP contribution in [0.15, 0.2) is 179 Å². The summed E-state index contributed by atoms with van der Waals surface area (Å²) in [6.45, 7) is 8.45. The molecule has 0 bridgehead atoms. The first-order valence-electron chi connectivity index (χ1n) is 22.4. The summed E-state index contributed by atoms with van der Waals surface area (Å²) in [6, 6.07) is 50.8. The van der Waals surface area contributed by atoms with Gasteiger partial charge >= 0.3 is 12.4 Å². The van der Waals surface area contributed by atoms with Crippen molar-refractivity contribution in [1.29, 1.82) is 0 Å². The van der Waals surface area contributed by atoms with Crippen LogP contribution in [0.1, 0.15) is 61.8 Å². The van der Waals surface area contributed by atoms with Crippen molar-refractivity contribution < 1.29 is 35.2 Å². The highest BCUT2D eigenvalue weighted by Gasteiger charge is 2.31. The highest BCUT2D eigenvalue weighted by molar-refractivity contribution is 6.21. The zero-order chi connectivity index (χ0) is 47.2. The van der Waals surface area contributed by atoms with Crippen molar-refractivity contribution >= 4 is 99.5 Å². The summed E-state index contributed by atoms with van der Waals surface area (Å²) in [5.74, 6) is 0.621. The molecule has 2 heterocycles. The van der Waals surface area contributed by atoms with Gasteiger partial charge in [-0.2, -0.15) is 26.3 Å². The molecule has 2 aromatic heterocycles. The van der Waals surface area contributed by atoms with E-state index in [9.17, 15) is 26.3 Å². The molecule has 0 spiro atoms. The van der Waals surface area contributed by atoms with Crippen LogP contribution in [-0.2, 0) is 12.4 Å². The molecule has 4 nitrogen and oxygen atoms in total. The van der Waals surface area contributed by atoms with E-state index < -0.39 is 23.5 Å². The van der Waals surface area contributed by atoms with Gasteiger partial charge in [0.2, 0.25) is 0 Å². The monoisotopic (exact) mass is 912 g/mol. The Morgan fingerprint density at radius 1 is 0.338 bits per heavy atom. The number of halogens is 6. The number of fused-ring (bicyclic) bond motifs is 9. The Labute approximate surface area is 387 Å². The lowest BCUT2D eigenvalue weighted by atomic mass is 10.0. The molecule has 0 aliphatic rings. The molecule has 10 heteroatoms. The van der Waals surface area contributed by atoms with Crippen molar-refractivity contribution in [3.05, 3.63) is 192 Å². The summed E-state index contributed by atoms with van der Waals surface area (Å²) in [5, 5.41) is 7.27. The van der Waals surface area contributed by atoms with Crippen LogP contribution in [0.2, 0.25) is 0 Å². The second-order valence-electron chi connectivity index (χ2n) is 18.0. The van der Waals surface area contributed by atoms with E-state index in [1.807, 2.05) is 119 Å². The van der Waals surface area contributed by atoms with Crippen molar-refractivity contribution in [3.63, 3.8) is 0 Å². The van der Waals surface area contributed by atoms with Crippen molar-refractivity contribution in [2.75, 3.05) is 9.80 Å². The molecule has 0 amide bonds. The Morgan fingerprint density at radius 2 is 0.662 bits per heavy atom. The fourth-order valence-corrected chi connectivity index (χ4v) is 9.32. The summed E-state index contributed by atoms with van der Waals surface area (Å²) in [6.07, 6.45) is -8.91. The molecule has 11 rings (SSSR count). The third kappa shape index (κ3) is 7.54. The lowest BCUT2D eigenvalue weighted by molar-refractivity contribution is -0.138. The second kappa shape index (κ2) is 16.0. The van der Waals surface area contributed by atoms with Gasteiger partial charge in [0, 0.05) is 55.7 Å². The summed E-state index contributed by atoms with van der Waals surface area (Å²) in [7, 11) is 0. The quantitative estimate of drug-likeness (QED) is 0.142. The molecular weight excluding hydrogens is 871 g/mol. The lowest BCUT2D eigenvalue weighted by Gasteiger charge is -2.26. The van der Waals surface area contributed by atoms with Gasteiger partial charge in [-0.25, -0.2) is 0 Å². The van der Waals surface area contributed by atoms with Crippen molar-refractivity contribution in [2.45, 2.75) is 51.9 Å². The predicted molar refractivity (Wildman–Crippen MR) is 264 cm³/mol. The van der Waals surface area contributed by atoms with E-state index in [-0.39, 0.29) is 0 Å². The molecule has 0 fully saturated rings. The van der Waals surface area contributed by atoms with Crippen LogP contribution >= 0.6 is 0 Å². The summed E-state index contributed by atoms with van der Waals surface area (Å²) < 4.78 is 95.0. The fourth-order valence-electron chi connectivity index (χ4n) is 9.32. The molecule has 0 unspecified atom stereocenters. The SMILES string of the molecule is CC(C)c1ccc(N(c2ccc(C(F)(F)F)cc2)c2ccc3cc4c(cc3c2)oc2c4ccc3c4cc5ccc(N(c6ccc(C(C)C)cc6)c6ccc(C(F)(F)F)cc6)cc5cc4oc32)cc1. The van der Waals surface area contributed by atoms with E-state index in [2.05, 4.69) is 39.8 Å². The molecule has 338 valence electrons. The average Bonchev–Trinajstić information content (AvgIpc) is 3.87. The fraction of sp³-hybridized carbons (Fsp3) is 0.138. The van der Waals surface area contributed by atoms with E-state index in [0.717, 1.165) is 101 Å². The van der Waals surface area contributed by atoms with Gasteiger partial charge in [0.1, 0.15) is 11.2 Å². The summed E-state index contributed by atoms with van der Waals surface area (Å²) >= 11 is 0. The van der Waals surface area contributed by atoms with Gasteiger partial charge in [0.25, 0.3) is 0 Å². The number of furan rings is 2. The van der Waals surface area contributed by atoms with Gasteiger partial charge in [-0.05, 0) is 178 Å². The van der Waals surface area contributed by atoms with Crippen molar-refractivity contribution in [2.24, 2.45) is 0 Å². The van der Waals surface area contributed by atoms with Gasteiger partial charge in [-0.15, -0.1) is 0 Å². The molecule has 0 aliphatic heterocycles. The maximum Gasteiger partial charge on any atom is 0.416 e. The predicted octanol–water partition coefficient (Wildman–Crippen LogP) is 19.0. The molecule has 9 aromatic carbocycles. The van der Waals surface area contributed by atoms with Crippen LogP contribution in [-0.4, -0.2) is 0 Å². The summed E-state index contributed by atoms with van der Waals surface area (Å²) in [5.41, 5.74) is 7.71. The molecular formula is C58H42F6N2O2. The van der Waals surface area contributed by atoms with Gasteiger partial charge in [-0.3, -0.25) is 0 Å². The molecule has 0 saturated carbocycles. The van der Waals surface area contributed by atoms with E-state index in [0.29, 0.717) is 45.5 Å². The average molecular weight is 913 g/mol. The van der Waals surface area contributed by atoms with E-state index in [1.165, 1.54) is 24.3 Å². The van der Waals surface area contributed by atoms with Gasteiger partial charge in [0.05, 0.1) is 11.1 Å². The topological polar surface area (TPSA) is 32.8 Å². The number of hydrogen-bond acceptors (Lipinski definition) is 4. The smallest absolute Gasteiger partial charge is 0.416 e. The van der Waals surface area contributed by atoms with E-state index in [1.54, 1.807) is 0 Å². The first kappa shape index (κ1) is 42.9. The molecule has 0 saturated heterocycles. The number of hydrogen-bond donors (Lipinski definition) is 0. The zero-order valence-electron chi connectivity index (χ0n) is 37.3. The first-order chi connectivity index (χ1) is 32.6. The van der Waals surface area contributed by atoms with Crippen LogP contribution in [0.4, 0.5) is 60.5 Å². The van der Waals surface area contributed by atoms with Gasteiger partial charge in [0.15, 0.2) is 11.2 Å². The van der Waals surface area contributed by atoms with E-state index in [4.69, 9.17) is 8.83 Å². The van der Waals surface area contributed by atoms with Gasteiger partial charge < -0.3 is 18.6 Å². The minimum atomic E-state index is -4.46. The number of rotatable bonds is 8. The maximum atomic E-state index is 13.6. The molecule has 0 radical (unpaired) electrons. The molecule has 0 atom stereocenters. The highest BCUT2D eigenvalue weighted by atomic mass is 19.4. The number of nitrogens with zero attached hydrogens (tertiary/aromatic N) is 2. The number of anilines is 6. The third-order valence-electron chi connectivity index (χ3n) is 13.0. The van der Waals surface area contributed by atoms with Crippen LogP contribution in [0.25, 0.3) is 65.4 Å². The van der Waals surface area contributed by atoms with Crippen molar-refractivity contribution in [3.8, 4) is 0 Å². The Bertz CT molecular complexity index is 3450. The minimum absolute atomic E-state index is 0.311. The largest absolute Gasteiger partial charge is 0.452 e. The Hall–Kier alpha value is -7.72. The van der Waals surface area contributed by atoms with Crippen molar-refractivity contribution in [1.82, 2.24) is 0 Å². The molecule has 11 aromatic rings. The molecule has 68 heavy (non-hydrogen) atoms. The Kier molecular flexibility index (Phi) is 10.1. The van der Waals surface area contributed by atoms with Crippen LogP contribution in [0, 0.1) is 0 Å². The first-order valence-corrected chi connectivity index (χ1v) is 22.4. The normalized spacial score (nSPS) is 12.5. The number of alkyl halides is 6. The van der Waals surface area contributed by atoms with Gasteiger partial charge in [-0.1, -0.05) is 64.1 Å². The highest BCUT2D eigenvalue weighted by Crippen LogP contribution is 2.45. The maximum absolute atomic E-state index is 13.6. The minimum Gasteiger partial charge on any atom is -0.452 e. The van der Waals surface area contributed by atoms with Crippen LogP contribution in [0.5, 0.6) is 0 Å². The standard InChI is InChI=1S/C58H42F6N2O2/c1-33(2)35-5-15-43(16-6-35)65(45-21-11-41(12-22-45)57(59,60)61)47-19-9-37-29-51-49-25-26-50-52-30-38-10-20-48(28-40(38)32-54(52)68-56(50)55(49)67-53(51)31-39(37)27-47)66(44-17-7-36(8-18-44)34(3)4)46-23-13-42(14-24-46)58(62,63)64/h5-34H,1-4H3. The Morgan fingerprint density at radius 3 is 0.985 bits per heavy atom. The Balaban J connectivity index is 0.994.